The minimum absolute atomic E-state index is 0.334. The van der Waals surface area contributed by atoms with E-state index in [1.807, 2.05) is 41.9 Å². The highest BCUT2D eigenvalue weighted by Gasteiger charge is 2.17. The summed E-state index contributed by atoms with van der Waals surface area (Å²) in [6.07, 6.45) is 1.49. The zero-order valence-electron chi connectivity index (χ0n) is 13.4. The standard InChI is InChI=1S/C17H17N3O3S/c1-3-22-16(21)13-9-10-23-14(13)11-24-17-19-18-15(20(17)2)12-7-5-4-6-8-12/h4-10H,3,11H2,1-2H3. The third-order valence-corrected chi connectivity index (χ3v) is 4.46. The number of carbonyl (C=O) groups excluding carboxylic acids is 1. The van der Waals surface area contributed by atoms with Gasteiger partial charge in [-0.2, -0.15) is 0 Å². The van der Waals surface area contributed by atoms with Crippen LogP contribution in [0.1, 0.15) is 23.0 Å². The molecule has 0 amide bonds. The first-order valence-corrected chi connectivity index (χ1v) is 8.50. The normalized spacial score (nSPS) is 10.8. The number of carbonyl (C=O) groups is 1. The second-order valence-corrected chi connectivity index (χ2v) is 5.94. The van der Waals surface area contributed by atoms with Crippen molar-refractivity contribution < 1.29 is 13.9 Å². The van der Waals surface area contributed by atoms with Gasteiger partial charge in [0.15, 0.2) is 11.0 Å². The second-order valence-electron chi connectivity index (χ2n) is 5.00. The fraction of sp³-hybridized carbons (Fsp3) is 0.235. The molecule has 0 aliphatic rings. The van der Waals surface area contributed by atoms with E-state index in [4.69, 9.17) is 9.15 Å². The molecule has 124 valence electrons. The number of hydrogen-bond donors (Lipinski definition) is 0. The number of thioether (sulfide) groups is 1. The number of furan rings is 1. The van der Waals surface area contributed by atoms with Crippen molar-refractivity contribution in [1.82, 2.24) is 14.8 Å². The van der Waals surface area contributed by atoms with E-state index >= 15 is 0 Å². The number of hydrogen-bond acceptors (Lipinski definition) is 6. The molecule has 0 N–H and O–H groups in total. The van der Waals surface area contributed by atoms with Crippen LogP contribution < -0.4 is 0 Å². The lowest BCUT2D eigenvalue weighted by Gasteiger charge is -2.04. The summed E-state index contributed by atoms with van der Waals surface area (Å²) in [7, 11) is 1.92. The van der Waals surface area contributed by atoms with E-state index in [2.05, 4.69) is 10.2 Å². The Bertz CT molecular complexity index is 827. The summed E-state index contributed by atoms with van der Waals surface area (Å²) in [5, 5.41) is 9.21. The summed E-state index contributed by atoms with van der Waals surface area (Å²) in [6.45, 7) is 2.11. The zero-order chi connectivity index (χ0) is 16.9. The molecule has 0 spiro atoms. The van der Waals surface area contributed by atoms with Crippen molar-refractivity contribution in [3.05, 3.63) is 54.0 Å². The van der Waals surface area contributed by atoms with Crippen LogP contribution in [0.3, 0.4) is 0 Å². The molecule has 1 aromatic carbocycles. The van der Waals surface area contributed by atoms with Gasteiger partial charge in [-0.15, -0.1) is 10.2 Å². The number of nitrogens with zero attached hydrogens (tertiary/aromatic N) is 3. The van der Waals surface area contributed by atoms with Crippen molar-refractivity contribution in [2.75, 3.05) is 6.61 Å². The van der Waals surface area contributed by atoms with Crippen molar-refractivity contribution in [3.8, 4) is 11.4 Å². The number of benzene rings is 1. The summed E-state index contributed by atoms with van der Waals surface area (Å²) >= 11 is 1.46. The van der Waals surface area contributed by atoms with Crippen molar-refractivity contribution in [2.45, 2.75) is 17.8 Å². The Hall–Kier alpha value is -2.54. The van der Waals surface area contributed by atoms with E-state index in [-0.39, 0.29) is 5.97 Å². The van der Waals surface area contributed by atoms with Crippen LogP contribution >= 0.6 is 11.8 Å². The maximum absolute atomic E-state index is 11.9. The molecule has 0 fully saturated rings. The van der Waals surface area contributed by atoms with Gasteiger partial charge in [0.25, 0.3) is 0 Å². The SMILES string of the molecule is CCOC(=O)c1ccoc1CSc1nnc(-c2ccccc2)n1C. The van der Waals surface area contributed by atoms with E-state index in [0.29, 0.717) is 23.7 Å². The maximum atomic E-state index is 11.9. The van der Waals surface area contributed by atoms with Gasteiger partial charge in [-0.05, 0) is 13.0 Å². The third kappa shape index (κ3) is 3.35. The van der Waals surface area contributed by atoms with Gasteiger partial charge in [0, 0.05) is 12.6 Å². The molecule has 6 nitrogen and oxygen atoms in total. The molecule has 24 heavy (non-hydrogen) atoms. The van der Waals surface area contributed by atoms with Gasteiger partial charge < -0.3 is 13.7 Å². The lowest BCUT2D eigenvalue weighted by Crippen LogP contribution is -2.05. The van der Waals surface area contributed by atoms with Gasteiger partial charge >= 0.3 is 5.97 Å². The van der Waals surface area contributed by atoms with E-state index in [9.17, 15) is 4.79 Å². The predicted octanol–water partition coefficient (Wildman–Crippen LogP) is 3.54. The lowest BCUT2D eigenvalue weighted by atomic mass is 10.2. The Labute approximate surface area is 143 Å². The maximum Gasteiger partial charge on any atom is 0.341 e. The highest BCUT2D eigenvalue weighted by Crippen LogP contribution is 2.27. The first-order chi connectivity index (χ1) is 11.7. The quantitative estimate of drug-likeness (QED) is 0.503. The Morgan fingerprint density at radius 3 is 2.79 bits per heavy atom. The lowest BCUT2D eigenvalue weighted by molar-refractivity contribution is 0.0524. The van der Waals surface area contributed by atoms with Crippen LogP contribution in [0.25, 0.3) is 11.4 Å². The fourth-order valence-electron chi connectivity index (χ4n) is 2.25. The molecule has 0 radical (unpaired) electrons. The molecule has 2 heterocycles. The molecule has 2 aromatic heterocycles. The first-order valence-electron chi connectivity index (χ1n) is 7.51. The van der Waals surface area contributed by atoms with Crippen LogP contribution in [0, 0.1) is 0 Å². The van der Waals surface area contributed by atoms with Gasteiger partial charge in [-0.3, -0.25) is 0 Å². The van der Waals surface area contributed by atoms with Crippen LogP contribution in [-0.2, 0) is 17.5 Å². The molecule has 3 rings (SSSR count). The molecule has 0 bridgehead atoms. The zero-order valence-corrected chi connectivity index (χ0v) is 14.2. The van der Waals surface area contributed by atoms with Crippen molar-refractivity contribution in [3.63, 3.8) is 0 Å². The van der Waals surface area contributed by atoms with Crippen LogP contribution in [0.5, 0.6) is 0 Å². The Kier molecular flexibility index (Phi) is 5.00. The Morgan fingerprint density at radius 1 is 1.25 bits per heavy atom. The Balaban J connectivity index is 1.74. The van der Waals surface area contributed by atoms with Crippen molar-refractivity contribution in [2.24, 2.45) is 7.05 Å². The topological polar surface area (TPSA) is 70.2 Å². The molecular formula is C17H17N3O3S. The van der Waals surface area contributed by atoms with Gasteiger partial charge in [0.05, 0.1) is 18.6 Å². The minimum atomic E-state index is -0.371. The average molecular weight is 343 g/mol. The number of rotatable bonds is 6. The highest BCUT2D eigenvalue weighted by atomic mass is 32.2. The molecule has 0 aliphatic heterocycles. The van der Waals surface area contributed by atoms with Crippen molar-refractivity contribution >= 4 is 17.7 Å². The van der Waals surface area contributed by atoms with E-state index in [1.54, 1.807) is 13.0 Å². The minimum Gasteiger partial charge on any atom is -0.468 e. The Morgan fingerprint density at radius 2 is 2.04 bits per heavy atom. The molecule has 0 atom stereocenters. The smallest absolute Gasteiger partial charge is 0.341 e. The first kappa shape index (κ1) is 16.3. The molecule has 0 saturated heterocycles. The predicted molar refractivity (Wildman–Crippen MR) is 90.7 cm³/mol. The average Bonchev–Trinajstić information content (AvgIpc) is 3.21. The summed E-state index contributed by atoms with van der Waals surface area (Å²) in [6, 6.07) is 11.5. The molecule has 0 unspecified atom stereocenters. The van der Waals surface area contributed by atoms with Gasteiger partial charge in [0.1, 0.15) is 11.3 Å². The third-order valence-electron chi connectivity index (χ3n) is 3.44. The van der Waals surface area contributed by atoms with Crippen LogP contribution in [0.4, 0.5) is 0 Å². The molecule has 3 aromatic rings. The summed E-state index contributed by atoms with van der Waals surface area (Å²) in [4.78, 5) is 11.9. The molecular weight excluding hydrogens is 326 g/mol. The van der Waals surface area contributed by atoms with Gasteiger partial charge in [-0.25, -0.2) is 4.79 Å². The van der Waals surface area contributed by atoms with Crippen LogP contribution in [0.15, 0.2) is 52.2 Å². The molecule has 7 heteroatoms. The van der Waals surface area contributed by atoms with E-state index in [0.717, 1.165) is 16.5 Å². The number of aromatic nitrogens is 3. The van der Waals surface area contributed by atoms with Gasteiger partial charge in [-0.1, -0.05) is 42.1 Å². The summed E-state index contributed by atoms with van der Waals surface area (Å²) < 4.78 is 12.4. The van der Waals surface area contributed by atoms with E-state index in [1.165, 1.54) is 18.0 Å². The highest BCUT2D eigenvalue weighted by molar-refractivity contribution is 7.98. The molecule has 0 saturated carbocycles. The second kappa shape index (κ2) is 7.35. The number of ether oxygens (including phenoxy) is 1. The monoisotopic (exact) mass is 343 g/mol. The van der Waals surface area contributed by atoms with E-state index < -0.39 is 0 Å². The van der Waals surface area contributed by atoms with Crippen molar-refractivity contribution in [1.29, 1.82) is 0 Å². The largest absolute Gasteiger partial charge is 0.468 e. The van der Waals surface area contributed by atoms with Gasteiger partial charge in [0.2, 0.25) is 0 Å². The van der Waals surface area contributed by atoms with Crippen LogP contribution in [0.2, 0.25) is 0 Å². The summed E-state index contributed by atoms with van der Waals surface area (Å²) in [5.41, 5.74) is 1.46. The summed E-state index contributed by atoms with van der Waals surface area (Å²) in [5.74, 6) is 1.47. The number of esters is 1. The fourth-order valence-corrected chi connectivity index (χ4v) is 3.11. The molecule has 0 aliphatic carbocycles. The van der Waals surface area contributed by atoms with Crippen LogP contribution in [-0.4, -0.2) is 27.3 Å².